The SMILES string of the molecule is Cc1ccc(C(O)CNc2ccccc2)cc1C. The van der Waals surface area contributed by atoms with Crippen LogP contribution in [-0.2, 0) is 0 Å². The number of para-hydroxylation sites is 1. The van der Waals surface area contributed by atoms with Crippen molar-refractivity contribution >= 4 is 5.69 Å². The lowest BCUT2D eigenvalue weighted by molar-refractivity contribution is 0.191. The van der Waals surface area contributed by atoms with E-state index in [1.165, 1.54) is 11.1 Å². The van der Waals surface area contributed by atoms with Gasteiger partial charge in [0.15, 0.2) is 0 Å². The number of aryl methyl sites for hydroxylation is 2. The number of nitrogens with one attached hydrogen (secondary N) is 1. The second kappa shape index (κ2) is 5.69. The van der Waals surface area contributed by atoms with Crippen molar-refractivity contribution in [2.45, 2.75) is 20.0 Å². The molecule has 2 aromatic rings. The minimum Gasteiger partial charge on any atom is -0.387 e. The van der Waals surface area contributed by atoms with E-state index in [9.17, 15) is 5.11 Å². The van der Waals surface area contributed by atoms with E-state index in [0.717, 1.165) is 11.3 Å². The van der Waals surface area contributed by atoms with Crippen LogP contribution in [0.2, 0.25) is 0 Å². The second-order valence-corrected chi connectivity index (χ2v) is 4.61. The summed E-state index contributed by atoms with van der Waals surface area (Å²) in [5, 5.41) is 13.4. The van der Waals surface area contributed by atoms with Crippen molar-refractivity contribution in [3.8, 4) is 0 Å². The molecule has 0 amide bonds. The van der Waals surface area contributed by atoms with E-state index >= 15 is 0 Å². The highest BCUT2D eigenvalue weighted by Gasteiger charge is 2.07. The largest absolute Gasteiger partial charge is 0.387 e. The summed E-state index contributed by atoms with van der Waals surface area (Å²) in [4.78, 5) is 0. The van der Waals surface area contributed by atoms with Gasteiger partial charge in [-0.1, -0.05) is 36.4 Å². The van der Waals surface area contributed by atoms with Crippen LogP contribution in [-0.4, -0.2) is 11.7 Å². The van der Waals surface area contributed by atoms with Crippen LogP contribution in [0.3, 0.4) is 0 Å². The van der Waals surface area contributed by atoms with Crippen molar-refractivity contribution in [2.24, 2.45) is 0 Å². The third-order valence-electron chi connectivity index (χ3n) is 3.19. The molecule has 0 aliphatic heterocycles. The van der Waals surface area contributed by atoms with Crippen molar-refractivity contribution in [1.29, 1.82) is 0 Å². The van der Waals surface area contributed by atoms with Crippen LogP contribution in [0, 0.1) is 13.8 Å². The third kappa shape index (κ3) is 3.11. The van der Waals surface area contributed by atoms with E-state index in [-0.39, 0.29) is 0 Å². The van der Waals surface area contributed by atoms with E-state index in [4.69, 9.17) is 0 Å². The molecule has 0 saturated carbocycles. The Kier molecular flexibility index (Phi) is 4.00. The molecule has 2 N–H and O–H groups in total. The molecular weight excluding hydrogens is 222 g/mol. The predicted molar refractivity (Wildman–Crippen MR) is 75.8 cm³/mol. The highest BCUT2D eigenvalue weighted by Crippen LogP contribution is 2.17. The van der Waals surface area contributed by atoms with Crippen molar-refractivity contribution in [1.82, 2.24) is 0 Å². The molecule has 0 aromatic heterocycles. The lowest BCUT2D eigenvalue weighted by Crippen LogP contribution is -2.12. The van der Waals surface area contributed by atoms with Gasteiger partial charge in [0.25, 0.3) is 0 Å². The Hall–Kier alpha value is -1.80. The average Bonchev–Trinajstić information content (AvgIpc) is 2.40. The molecule has 0 radical (unpaired) electrons. The molecular formula is C16H19NO. The van der Waals surface area contributed by atoms with Crippen LogP contribution in [0.4, 0.5) is 5.69 Å². The van der Waals surface area contributed by atoms with Gasteiger partial charge in [-0.25, -0.2) is 0 Å². The van der Waals surface area contributed by atoms with Crippen LogP contribution < -0.4 is 5.32 Å². The Morgan fingerprint density at radius 3 is 2.39 bits per heavy atom. The molecule has 1 atom stereocenters. The zero-order chi connectivity index (χ0) is 13.0. The van der Waals surface area contributed by atoms with Gasteiger partial charge in [0, 0.05) is 12.2 Å². The fourth-order valence-electron chi connectivity index (χ4n) is 1.86. The number of aliphatic hydroxyl groups is 1. The average molecular weight is 241 g/mol. The predicted octanol–water partition coefficient (Wildman–Crippen LogP) is 3.45. The van der Waals surface area contributed by atoms with Gasteiger partial charge in [-0.2, -0.15) is 0 Å². The molecule has 0 bridgehead atoms. The Morgan fingerprint density at radius 2 is 1.72 bits per heavy atom. The zero-order valence-electron chi connectivity index (χ0n) is 10.9. The van der Waals surface area contributed by atoms with E-state index in [0.29, 0.717) is 6.54 Å². The fraction of sp³-hybridized carbons (Fsp3) is 0.250. The molecule has 0 aliphatic carbocycles. The van der Waals surface area contributed by atoms with E-state index in [1.54, 1.807) is 0 Å². The molecule has 1 unspecified atom stereocenters. The number of anilines is 1. The Balaban J connectivity index is 1.99. The van der Waals surface area contributed by atoms with E-state index in [1.807, 2.05) is 42.5 Å². The summed E-state index contributed by atoms with van der Waals surface area (Å²) in [5.41, 5.74) is 4.45. The quantitative estimate of drug-likeness (QED) is 0.859. The summed E-state index contributed by atoms with van der Waals surface area (Å²) in [5.74, 6) is 0. The molecule has 0 saturated heterocycles. The molecule has 0 aliphatic rings. The number of benzene rings is 2. The maximum Gasteiger partial charge on any atom is 0.0962 e. The maximum absolute atomic E-state index is 10.1. The smallest absolute Gasteiger partial charge is 0.0962 e. The second-order valence-electron chi connectivity index (χ2n) is 4.61. The van der Waals surface area contributed by atoms with Crippen molar-refractivity contribution < 1.29 is 5.11 Å². The van der Waals surface area contributed by atoms with Gasteiger partial charge >= 0.3 is 0 Å². The summed E-state index contributed by atoms with van der Waals surface area (Å²) >= 11 is 0. The summed E-state index contributed by atoms with van der Waals surface area (Å²) in [6.07, 6.45) is -0.482. The Labute approximate surface area is 108 Å². The summed E-state index contributed by atoms with van der Waals surface area (Å²) < 4.78 is 0. The van der Waals surface area contributed by atoms with Crippen molar-refractivity contribution in [3.05, 3.63) is 65.2 Å². The first kappa shape index (κ1) is 12.7. The number of hydrogen-bond acceptors (Lipinski definition) is 2. The van der Waals surface area contributed by atoms with Gasteiger partial charge < -0.3 is 10.4 Å². The number of rotatable bonds is 4. The minimum atomic E-state index is -0.482. The van der Waals surface area contributed by atoms with Crippen LogP contribution in [0.5, 0.6) is 0 Å². The van der Waals surface area contributed by atoms with E-state index < -0.39 is 6.10 Å². The first-order chi connectivity index (χ1) is 8.66. The van der Waals surface area contributed by atoms with Crippen LogP contribution in [0.25, 0.3) is 0 Å². The number of aliphatic hydroxyl groups excluding tert-OH is 1. The first-order valence-electron chi connectivity index (χ1n) is 6.21. The lowest BCUT2D eigenvalue weighted by atomic mass is 10.0. The molecule has 0 heterocycles. The monoisotopic (exact) mass is 241 g/mol. The standard InChI is InChI=1S/C16H19NO/c1-12-8-9-14(10-13(12)2)16(18)11-17-15-6-4-3-5-7-15/h3-10,16-18H,11H2,1-2H3. The first-order valence-corrected chi connectivity index (χ1v) is 6.21. The summed E-state index contributed by atoms with van der Waals surface area (Å²) in [7, 11) is 0. The van der Waals surface area contributed by atoms with Gasteiger partial charge in [-0.3, -0.25) is 0 Å². The molecule has 2 rings (SSSR count). The maximum atomic E-state index is 10.1. The van der Waals surface area contributed by atoms with Gasteiger partial charge in [-0.15, -0.1) is 0 Å². The van der Waals surface area contributed by atoms with Crippen LogP contribution >= 0.6 is 0 Å². The number of hydrogen-bond donors (Lipinski definition) is 2. The summed E-state index contributed by atoms with van der Waals surface area (Å²) in [6, 6.07) is 16.0. The molecule has 2 heteroatoms. The lowest BCUT2D eigenvalue weighted by Gasteiger charge is -2.14. The molecule has 2 nitrogen and oxygen atoms in total. The van der Waals surface area contributed by atoms with Gasteiger partial charge in [0.05, 0.1) is 6.10 Å². The minimum absolute atomic E-state index is 0.482. The highest BCUT2D eigenvalue weighted by atomic mass is 16.3. The topological polar surface area (TPSA) is 32.3 Å². The van der Waals surface area contributed by atoms with Crippen LogP contribution in [0.15, 0.2) is 48.5 Å². The van der Waals surface area contributed by atoms with Gasteiger partial charge in [0.2, 0.25) is 0 Å². The molecule has 18 heavy (non-hydrogen) atoms. The third-order valence-corrected chi connectivity index (χ3v) is 3.19. The van der Waals surface area contributed by atoms with Crippen molar-refractivity contribution in [2.75, 3.05) is 11.9 Å². The van der Waals surface area contributed by atoms with Gasteiger partial charge in [-0.05, 0) is 42.7 Å². The molecule has 0 fully saturated rings. The molecule has 0 spiro atoms. The molecule has 2 aromatic carbocycles. The zero-order valence-corrected chi connectivity index (χ0v) is 10.9. The normalized spacial score (nSPS) is 12.2. The van der Waals surface area contributed by atoms with Crippen molar-refractivity contribution in [3.63, 3.8) is 0 Å². The van der Waals surface area contributed by atoms with E-state index in [2.05, 4.69) is 25.2 Å². The fourth-order valence-corrected chi connectivity index (χ4v) is 1.86. The summed E-state index contributed by atoms with van der Waals surface area (Å²) in [6.45, 7) is 4.66. The van der Waals surface area contributed by atoms with Gasteiger partial charge in [0.1, 0.15) is 0 Å². The Morgan fingerprint density at radius 1 is 1.00 bits per heavy atom. The highest BCUT2D eigenvalue weighted by molar-refractivity contribution is 5.43. The molecule has 94 valence electrons. The van der Waals surface area contributed by atoms with Crippen LogP contribution in [0.1, 0.15) is 22.8 Å². The Bertz CT molecular complexity index is 508.